The minimum absolute atomic E-state index is 0.0353. The summed E-state index contributed by atoms with van der Waals surface area (Å²) in [6.45, 7) is 6.27. The van der Waals surface area contributed by atoms with Crippen LogP contribution in [0.3, 0.4) is 0 Å². The molecule has 9 heteroatoms. The first kappa shape index (κ1) is 26.1. The number of hydrogen-bond donors (Lipinski definition) is 1. The van der Waals surface area contributed by atoms with E-state index >= 15 is 0 Å². The number of halogens is 3. The summed E-state index contributed by atoms with van der Waals surface area (Å²) in [5.74, 6) is 0.862. The average Bonchev–Trinajstić information content (AvgIpc) is 3.31. The number of carbonyl (C=O) groups is 2. The normalized spacial score (nSPS) is 14.1. The van der Waals surface area contributed by atoms with Crippen LogP contribution in [0.5, 0.6) is 0 Å². The number of furan rings is 1. The van der Waals surface area contributed by atoms with E-state index in [9.17, 15) is 9.59 Å². The molecule has 2 amide bonds. The van der Waals surface area contributed by atoms with E-state index in [1.165, 1.54) is 6.08 Å². The Morgan fingerprint density at radius 3 is 2.42 bits per heavy atom. The molecule has 2 aromatic carbocycles. The molecular formula is C27H26Cl3N3O3. The molecule has 36 heavy (non-hydrogen) atoms. The smallest absolute Gasteiger partial charge is 0.248 e. The fourth-order valence-corrected chi connectivity index (χ4v) is 4.86. The standard InChI is InChI=1S/C27H26Cl3N3O3/c1-17(2)27(35)33-14-12-32(13-15-33)26-21(29)4-3-5-23(26)31-25(34)11-8-19-7-10-24(36-19)20-9-6-18(28)16-22(20)30/h3-11,16-17H,12-15H2,1-2H3,(H,31,34)/b11-8+. The van der Waals surface area contributed by atoms with Crippen molar-refractivity contribution in [1.82, 2.24) is 4.90 Å². The van der Waals surface area contributed by atoms with Crippen LogP contribution in [-0.2, 0) is 9.59 Å². The van der Waals surface area contributed by atoms with Crippen molar-refractivity contribution in [3.8, 4) is 11.3 Å². The number of hydrogen-bond acceptors (Lipinski definition) is 4. The van der Waals surface area contributed by atoms with Gasteiger partial charge in [-0.1, -0.05) is 54.7 Å². The maximum Gasteiger partial charge on any atom is 0.248 e. The summed E-state index contributed by atoms with van der Waals surface area (Å²) >= 11 is 18.7. The number of rotatable bonds is 6. The number of nitrogens with zero attached hydrogens (tertiary/aromatic N) is 2. The maximum atomic E-state index is 12.7. The van der Waals surface area contributed by atoms with Crippen LogP contribution in [-0.4, -0.2) is 42.9 Å². The molecule has 1 aliphatic rings. The number of anilines is 2. The molecular weight excluding hydrogens is 521 g/mol. The number of piperazine rings is 1. The molecule has 0 bridgehead atoms. The van der Waals surface area contributed by atoms with E-state index in [2.05, 4.69) is 10.2 Å². The topological polar surface area (TPSA) is 65.8 Å². The van der Waals surface area contributed by atoms with Crippen LogP contribution in [0.25, 0.3) is 17.4 Å². The lowest BCUT2D eigenvalue weighted by Crippen LogP contribution is -2.50. The molecule has 0 unspecified atom stereocenters. The van der Waals surface area contributed by atoms with Crippen LogP contribution >= 0.6 is 34.8 Å². The van der Waals surface area contributed by atoms with Crippen molar-refractivity contribution < 1.29 is 14.0 Å². The molecule has 6 nitrogen and oxygen atoms in total. The fourth-order valence-electron chi connectivity index (χ4n) is 4.06. The largest absolute Gasteiger partial charge is 0.457 e. The Hall–Kier alpha value is -2.93. The third-order valence-corrected chi connectivity index (χ3v) is 6.72. The summed E-state index contributed by atoms with van der Waals surface area (Å²) in [4.78, 5) is 29.0. The number of amides is 2. The van der Waals surface area contributed by atoms with Crippen molar-refractivity contribution in [2.45, 2.75) is 13.8 Å². The van der Waals surface area contributed by atoms with Gasteiger partial charge in [0.1, 0.15) is 11.5 Å². The Kier molecular flexibility index (Phi) is 8.29. The minimum atomic E-state index is -0.324. The molecule has 1 saturated heterocycles. The molecule has 1 aliphatic heterocycles. The second-order valence-corrected chi connectivity index (χ2v) is 10.0. The molecule has 1 aromatic heterocycles. The summed E-state index contributed by atoms with van der Waals surface area (Å²) in [7, 11) is 0. The Bertz CT molecular complexity index is 1290. The predicted octanol–water partition coefficient (Wildman–Crippen LogP) is 6.86. The van der Waals surface area contributed by atoms with Crippen molar-refractivity contribution in [3.63, 3.8) is 0 Å². The highest BCUT2D eigenvalue weighted by atomic mass is 35.5. The van der Waals surface area contributed by atoms with Crippen molar-refractivity contribution in [2.24, 2.45) is 5.92 Å². The predicted molar refractivity (Wildman–Crippen MR) is 147 cm³/mol. The van der Waals surface area contributed by atoms with E-state index in [1.807, 2.05) is 24.8 Å². The van der Waals surface area contributed by atoms with Gasteiger partial charge >= 0.3 is 0 Å². The lowest BCUT2D eigenvalue weighted by molar-refractivity contribution is -0.134. The number of carbonyl (C=O) groups excluding carboxylic acids is 2. The molecule has 188 valence electrons. The highest BCUT2D eigenvalue weighted by Crippen LogP contribution is 2.35. The Morgan fingerprint density at radius 1 is 0.972 bits per heavy atom. The van der Waals surface area contributed by atoms with Gasteiger partial charge in [-0.2, -0.15) is 0 Å². The lowest BCUT2D eigenvalue weighted by atomic mass is 10.1. The molecule has 1 fully saturated rings. The van der Waals surface area contributed by atoms with Gasteiger partial charge in [0.05, 0.1) is 21.4 Å². The second-order valence-electron chi connectivity index (χ2n) is 8.75. The molecule has 0 spiro atoms. The molecule has 4 rings (SSSR count). The minimum Gasteiger partial charge on any atom is -0.457 e. The summed E-state index contributed by atoms with van der Waals surface area (Å²) in [6, 6.07) is 14.1. The van der Waals surface area contributed by atoms with E-state index in [-0.39, 0.29) is 17.7 Å². The van der Waals surface area contributed by atoms with Gasteiger partial charge in [0, 0.05) is 48.8 Å². The summed E-state index contributed by atoms with van der Waals surface area (Å²) in [5, 5.41) is 4.47. The lowest BCUT2D eigenvalue weighted by Gasteiger charge is -2.38. The van der Waals surface area contributed by atoms with Crippen molar-refractivity contribution >= 4 is 64.1 Å². The van der Waals surface area contributed by atoms with Crippen molar-refractivity contribution in [1.29, 1.82) is 0 Å². The van der Waals surface area contributed by atoms with Gasteiger partial charge in [0.2, 0.25) is 11.8 Å². The molecule has 1 N–H and O–H groups in total. The zero-order chi connectivity index (χ0) is 25.8. The number of para-hydroxylation sites is 1. The van der Waals surface area contributed by atoms with Gasteiger partial charge in [-0.05, 0) is 48.5 Å². The van der Waals surface area contributed by atoms with Crippen LogP contribution < -0.4 is 10.2 Å². The van der Waals surface area contributed by atoms with Gasteiger partial charge in [0.25, 0.3) is 0 Å². The zero-order valence-corrected chi connectivity index (χ0v) is 22.2. The average molecular weight is 547 g/mol. The summed E-state index contributed by atoms with van der Waals surface area (Å²) in [5.41, 5.74) is 2.06. The Labute approximate surface area is 225 Å². The Morgan fingerprint density at radius 2 is 1.72 bits per heavy atom. The van der Waals surface area contributed by atoms with Gasteiger partial charge < -0.3 is 19.5 Å². The maximum absolute atomic E-state index is 12.7. The van der Waals surface area contributed by atoms with Crippen LogP contribution in [0.15, 0.2) is 59.0 Å². The van der Waals surface area contributed by atoms with Crippen molar-refractivity contribution in [3.05, 3.63) is 75.4 Å². The van der Waals surface area contributed by atoms with Gasteiger partial charge in [0.15, 0.2) is 0 Å². The number of nitrogens with one attached hydrogen (secondary N) is 1. The molecule has 0 aliphatic carbocycles. The van der Waals surface area contributed by atoms with Crippen LogP contribution in [0.2, 0.25) is 15.1 Å². The molecule has 0 saturated carbocycles. The van der Waals surface area contributed by atoms with E-state index in [0.29, 0.717) is 64.0 Å². The number of benzene rings is 2. The summed E-state index contributed by atoms with van der Waals surface area (Å²) < 4.78 is 5.82. The second kappa shape index (κ2) is 11.4. The highest BCUT2D eigenvalue weighted by molar-refractivity contribution is 6.36. The van der Waals surface area contributed by atoms with Crippen LogP contribution in [0, 0.1) is 5.92 Å². The SMILES string of the molecule is CC(C)C(=O)N1CCN(c2c(Cl)cccc2NC(=O)/C=C/c2ccc(-c3ccc(Cl)cc3Cl)o2)CC1. The van der Waals surface area contributed by atoms with E-state index in [4.69, 9.17) is 39.2 Å². The molecule has 0 atom stereocenters. The van der Waals surface area contributed by atoms with E-state index in [0.717, 1.165) is 5.69 Å². The quantitative estimate of drug-likeness (QED) is 0.343. The van der Waals surface area contributed by atoms with E-state index in [1.54, 1.807) is 48.5 Å². The monoisotopic (exact) mass is 545 g/mol. The van der Waals surface area contributed by atoms with Crippen LogP contribution in [0.1, 0.15) is 19.6 Å². The summed E-state index contributed by atoms with van der Waals surface area (Å²) in [6.07, 6.45) is 2.99. The first-order valence-corrected chi connectivity index (χ1v) is 12.7. The van der Waals surface area contributed by atoms with Crippen molar-refractivity contribution in [2.75, 3.05) is 36.4 Å². The third-order valence-electron chi connectivity index (χ3n) is 5.87. The molecule has 2 heterocycles. The third kappa shape index (κ3) is 6.06. The van der Waals surface area contributed by atoms with Gasteiger partial charge in [-0.25, -0.2) is 0 Å². The van der Waals surface area contributed by atoms with E-state index < -0.39 is 0 Å². The molecule has 3 aromatic rings. The first-order chi connectivity index (χ1) is 17.2. The first-order valence-electron chi connectivity index (χ1n) is 11.6. The van der Waals surface area contributed by atoms with Crippen LogP contribution in [0.4, 0.5) is 11.4 Å². The Balaban J connectivity index is 1.44. The van der Waals surface area contributed by atoms with Gasteiger partial charge in [-0.15, -0.1) is 0 Å². The molecule has 0 radical (unpaired) electrons. The highest BCUT2D eigenvalue weighted by Gasteiger charge is 2.25. The fraction of sp³-hybridized carbons (Fsp3) is 0.259. The zero-order valence-electron chi connectivity index (χ0n) is 19.9. The van der Waals surface area contributed by atoms with Gasteiger partial charge in [-0.3, -0.25) is 9.59 Å².